The smallest absolute Gasteiger partial charge is 0.317 e. The molecule has 1 aromatic rings. The van der Waals surface area contributed by atoms with E-state index < -0.39 is 0 Å². The largest absolute Gasteiger partial charge is 0.457 e. The van der Waals surface area contributed by atoms with Crippen LogP contribution in [0.5, 0.6) is 0 Å². The zero-order chi connectivity index (χ0) is 10.8. The van der Waals surface area contributed by atoms with Crippen molar-refractivity contribution in [3.05, 3.63) is 35.4 Å². The van der Waals surface area contributed by atoms with Crippen molar-refractivity contribution in [3.8, 4) is 0 Å². The molecule has 2 nitrogen and oxygen atoms in total. The van der Waals surface area contributed by atoms with Crippen molar-refractivity contribution in [2.75, 3.05) is 0 Å². The summed E-state index contributed by atoms with van der Waals surface area (Å²) in [5, 5.41) is 0. The van der Waals surface area contributed by atoms with Gasteiger partial charge in [0.25, 0.3) is 0 Å². The molecule has 16 heavy (non-hydrogen) atoms. The first-order chi connectivity index (χ1) is 7.82. The number of benzene rings is 1. The average molecular weight is 214 g/mol. The third kappa shape index (κ3) is 0.796. The van der Waals surface area contributed by atoms with E-state index in [0.29, 0.717) is 5.92 Å². The number of hydrogen-bond donors (Lipinski definition) is 0. The van der Waals surface area contributed by atoms with Crippen LogP contribution in [0, 0.1) is 5.92 Å². The van der Waals surface area contributed by atoms with Crippen molar-refractivity contribution in [1.82, 2.24) is 0 Å². The van der Waals surface area contributed by atoms with Crippen LogP contribution < -0.4 is 0 Å². The second-order valence-electron chi connectivity index (χ2n) is 5.28. The Morgan fingerprint density at radius 2 is 2.19 bits per heavy atom. The highest BCUT2D eigenvalue weighted by atomic mass is 16.5. The predicted octanol–water partition coefficient (Wildman–Crippen LogP) is 2.73. The van der Waals surface area contributed by atoms with Gasteiger partial charge in [-0.2, -0.15) is 0 Å². The average Bonchev–Trinajstić information content (AvgIpc) is 2.74. The molecule has 5 rings (SSSR count). The fourth-order valence-electron chi connectivity index (χ4n) is 4.05. The molecular formula is C14H14O2. The van der Waals surface area contributed by atoms with Crippen LogP contribution in [-0.4, -0.2) is 5.97 Å². The predicted molar refractivity (Wildman–Crippen MR) is 58.9 cm³/mol. The molecule has 0 aromatic heterocycles. The summed E-state index contributed by atoms with van der Waals surface area (Å²) >= 11 is 0. The number of ether oxygens (including phenoxy) is 1. The van der Waals surface area contributed by atoms with Gasteiger partial charge in [-0.25, -0.2) is 0 Å². The molecular weight excluding hydrogens is 200 g/mol. The molecule has 2 heterocycles. The van der Waals surface area contributed by atoms with Crippen LogP contribution in [0.3, 0.4) is 0 Å². The topological polar surface area (TPSA) is 26.3 Å². The van der Waals surface area contributed by atoms with E-state index in [9.17, 15) is 4.79 Å². The molecule has 1 spiro atoms. The van der Waals surface area contributed by atoms with Crippen molar-refractivity contribution in [1.29, 1.82) is 0 Å². The van der Waals surface area contributed by atoms with Crippen molar-refractivity contribution in [2.24, 2.45) is 5.92 Å². The van der Waals surface area contributed by atoms with E-state index in [2.05, 4.69) is 18.2 Å². The van der Waals surface area contributed by atoms with Crippen LogP contribution in [0.15, 0.2) is 24.3 Å². The van der Waals surface area contributed by atoms with Gasteiger partial charge in [-0.05, 0) is 36.3 Å². The van der Waals surface area contributed by atoms with Gasteiger partial charge in [-0.1, -0.05) is 30.7 Å². The SMILES string of the molecule is O=C1O[C@@H]2C[C@@H]3CCC[C@]13c1ccccc12. The number of carbonyl (C=O) groups excluding carboxylic acids is 1. The lowest BCUT2D eigenvalue weighted by atomic mass is 9.62. The van der Waals surface area contributed by atoms with Gasteiger partial charge in [0.2, 0.25) is 0 Å². The molecule has 1 aromatic carbocycles. The molecule has 1 saturated carbocycles. The molecule has 4 aliphatic rings. The Kier molecular flexibility index (Phi) is 1.47. The van der Waals surface area contributed by atoms with Crippen LogP contribution in [0.1, 0.15) is 42.9 Å². The Morgan fingerprint density at radius 3 is 3.12 bits per heavy atom. The summed E-state index contributed by atoms with van der Waals surface area (Å²) in [5.74, 6) is 0.582. The van der Waals surface area contributed by atoms with Gasteiger partial charge in [0, 0.05) is 0 Å². The minimum atomic E-state index is -0.272. The van der Waals surface area contributed by atoms with E-state index in [0.717, 1.165) is 12.8 Å². The van der Waals surface area contributed by atoms with Gasteiger partial charge in [-0.15, -0.1) is 0 Å². The van der Waals surface area contributed by atoms with Crippen molar-refractivity contribution < 1.29 is 9.53 Å². The van der Waals surface area contributed by atoms with Crippen LogP contribution in [0.2, 0.25) is 0 Å². The Balaban J connectivity index is 2.04. The minimum Gasteiger partial charge on any atom is -0.457 e. The highest BCUT2D eigenvalue weighted by molar-refractivity contribution is 5.87. The molecule has 1 saturated heterocycles. The molecule has 2 aliphatic heterocycles. The molecule has 0 amide bonds. The number of fused-ring (bicyclic) bond motifs is 1. The molecule has 82 valence electrons. The number of carbonyl (C=O) groups is 1. The Labute approximate surface area is 94.6 Å². The summed E-state index contributed by atoms with van der Waals surface area (Å²) in [4.78, 5) is 12.2. The number of rotatable bonds is 0. The van der Waals surface area contributed by atoms with Crippen molar-refractivity contribution in [2.45, 2.75) is 37.2 Å². The first kappa shape index (κ1) is 8.80. The second kappa shape index (κ2) is 2.68. The van der Waals surface area contributed by atoms with E-state index in [1.807, 2.05) is 6.07 Å². The molecule has 0 radical (unpaired) electrons. The van der Waals surface area contributed by atoms with Gasteiger partial charge in [0.1, 0.15) is 6.10 Å². The van der Waals surface area contributed by atoms with Crippen LogP contribution in [-0.2, 0) is 14.9 Å². The fraction of sp³-hybridized carbons (Fsp3) is 0.500. The minimum absolute atomic E-state index is 0.0358. The lowest BCUT2D eigenvalue weighted by molar-refractivity contribution is -0.171. The molecule has 2 fully saturated rings. The lowest BCUT2D eigenvalue weighted by Crippen LogP contribution is -2.51. The first-order valence-electron chi connectivity index (χ1n) is 6.13. The summed E-state index contributed by atoms with van der Waals surface area (Å²) in [5.41, 5.74) is 2.26. The van der Waals surface area contributed by atoms with E-state index in [4.69, 9.17) is 4.74 Å². The maximum Gasteiger partial charge on any atom is 0.317 e. The van der Waals surface area contributed by atoms with Crippen LogP contribution in [0.25, 0.3) is 0 Å². The first-order valence-corrected chi connectivity index (χ1v) is 6.13. The number of hydrogen-bond acceptors (Lipinski definition) is 2. The molecule has 2 heteroatoms. The van der Waals surface area contributed by atoms with E-state index >= 15 is 0 Å². The molecule has 3 atom stereocenters. The Morgan fingerprint density at radius 1 is 1.31 bits per heavy atom. The highest BCUT2D eigenvalue weighted by Crippen LogP contribution is 2.59. The molecule has 0 unspecified atom stereocenters. The summed E-state index contributed by atoms with van der Waals surface area (Å²) in [7, 11) is 0. The monoisotopic (exact) mass is 214 g/mol. The fourth-order valence-corrected chi connectivity index (χ4v) is 4.05. The van der Waals surface area contributed by atoms with E-state index in [1.165, 1.54) is 24.0 Å². The van der Waals surface area contributed by atoms with Crippen molar-refractivity contribution in [3.63, 3.8) is 0 Å². The zero-order valence-corrected chi connectivity index (χ0v) is 9.11. The molecule has 0 N–H and O–H groups in total. The second-order valence-corrected chi connectivity index (χ2v) is 5.28. The quantitative estimate of drug-likeness (QED) is 0.621. The molecule has 2 bridgehead atoms. The highest BCUT2D eigenvalue weighted by Gasteiger charge is 2.60. The van der Waals surface area contributed by atoms with Crippen molar-refractivity contribution >= 4 is 5.97 Å². The third-order valence-corrected chi connectivity index (χ3v) is 4.72. The zero-order valence-electron chi connectivity index (χ0n) is 9.11. The van der Waals surface area contributed by atoms with Gasteiger partial charge in [-0.3, -0.25) is 4.79 Å². The lowest BCUT2D eigenvalue weighted by Gasteiger charge is -2.48. The maximum atomic E-state index is 12.2. The summed E-state index contributed by atoms with van der Waals surface area (Å²) in [6.07, 6.45) is 4.43. The standard InChI is InChI=1S/C14H14O2/c15-13-14-7-3-4-9(14)8-12(16-13)10-5-1-2-6-11(10)14/h1-2,5-6,9,12H,3-4,7-8H2/t9-,12+,14-/m0/s1. The third-order valence-electron chi connectivity index (χ3n) is 4.72. The van der Waals surface area contributed by atoms with Gasteiger partial charge >= 0.3 is 5.97 Å². The van der Waals surface area contributed by atoms with E-state index in [1.54, 1.807) is 0 Å². The maximum absolute atomic E-state index is 12.2. The Bertz CT molecular complexity index is 479. The van der Waals surface area contributed by atoms with Crippen LogP contribution in [0.4, 0.5) is 0 Å². The van der Waals surface area contributed by atoms with Gasteiger partial charge in [0.15, 0.2) is 0 Å². The summed E-state index contributed by atoms with van der Waals surface area (Å²) in [6, 6.07) is 8.37. The molecule has 2 aliphatic carbocycles. The summed E-state index contributed by atoms with van der Waals surface area (Å²) < 4.78 is 5.58. The van der Waals surface area contributed by atoms with Crippen LogP contribution >= 0.6 is 0 Å². The van der Waals surface area contributed by atoms with E-state index in [-0.39, 0.29) is 17.5 Å². The number of esters is 1. The van der Waals surface area contributed by atoms with Gasteiger partial charge in [0.05, 0.1) is 5.41 Å². The summed E-state index contributed by atoms with van der Waals surface area (Å²) in [6.45, 7) is 0. The normalized spacial score (nSPS) is 39.1. The van der Waals surface area contributed by atoms with Gasteiger partial charge < -0.3 is 4.74 Å². The Hall–Kier alpha value is -1.31.